The summed E-state index contributed by atoms with van der Waals surface area (Å²) < 4.78 is 0.928. The van der Waals surface area contributed by atoms with Crippen molar-refractivity contribution in [3.8, 4) is 5.75 Å². The molecule has 1 N–H and O–H groups in total. The largest absolute Gasteiger partial charge is 0.508 e. The Bertz CT molecular complexity index is 486. The number of benzene rings is 1. The molecule has 0 bridgehead atoms. The molecule has 1 aliphatic rings. The topological polar surface area (TPSA) is 49.7 Å². The average molecular weight is 296 g/mol. The number of hydrogen-bond donors (Lipinski definition) is 1. The maximum Gasteiger partial charge on any atom is 0.235 e. The van der Waals surface area contributed by atoms with Crippen LogP contribution in [-0.2, 0) is 10.3 Å². The van der Waals surface area contributed by atoms with Crippen LogP contribution in [0.4, 0.5) is 0 Å². The van der Waals surface area contributed by atoms with E-state index in [0.29, 0.717) is 0 Å². The molecule has 4 heteroatoms. The van der Waals surface area contributed by atoms with E-state index in [1.165, 1.54) is 0 Å². The first kappa shape index (κ1) is 12.3. The van der Waals surface area contributed by atoms with Crippen molar-refractivity contribution in [3.05, 3.63) is 27.7 Å². The first-order valence-corrected chi connectivity index (χ1v) is 6.47. The van der Waals surface area contributed by atoms with E-state index in [2.05, 4.69) is 20.9 Å². The summed E-state index contributed by atoms with van der Waals surface area (Å²) in [5, 5.41) is 10.1. The third kappa shape index (κ3) is 2.03. The van der Waals surface area contributed by atoms with Crippen LogP contribution in [0.25, 0.3) is 0 Å². The molecule has 1 aromatic rings. The predicted octanol–water partition coefficient (Wildman–Crippen LogP) is 3.57. The van der Waals surface area contributed by atoms with E-state index in [0.717, 1.165) is 41.3 Å². The summed E-state index contributed by atoms with van der Waals surface area (Å²) in [6, 6.07) is 3.45. The van der Waals surface area contributed by atoms with E-state index in [4.69, 9.17) is 0 Å². The van der Waals surface area contributed by atoms with Gasteiger partial charge in [-0.1, -0.05) is 28.8 Å². The van der Waals surface area contributed by atoms with E-state index in [1.807, 2.05) is 6.92 Å². The fraction of sp³-hybridized carbons (Fsp3) is 0.462. The molecule has 1 aromatic carbocycles. The number of rotatable bonds is 2. The molecule has 0 aliphatic heterocycles. The van der Waals surface area contributed by atoms with Gasteiger partial charge in [-0.2, -0.15) is 4.99 Å². The van der Waals surface area contributed by atoms with Crippen LogP contribution in [-0.4, -0.2) is 11.2 Å². The van der Waals surface area contributed by atoms with Gasteiger partial charge in [0.05, 0.1) is 0 Å². The SMILES string of the molecule is Cc1c(Br)ccc(O)c1C1(N=C=O)CCCC1. The summed E-state index contributed by atoms with van der Waals surface area (Å²) >= 11 is 3.45. The number of phenols is 1. The van der Waals surface area contributed by atoms with E-state index in [1.54, 1.807) is 18.2 Å². The minimum Gasteiger partial charge on any atom is -0.508 e. The Morgan fingerprint density at radius 3 is 2.65 bits per heavy atom. The van der Waals surface area contributed by atoms with Gasteiger partial charge >= 0.3 is 0 Å². The van der Waals surface area contributed by atoms with Gasteiger partial charge in [0.25, 0.3) is 0 Å². The predicted molar refractivity (Wildman–Crippen MR) is 68.8 cm³/mol. The lowest BCUT2D eigenvalue weighted by molar-refractivity contribution is 0.406. The molecule has 17 heavy (non-hydrogen) atoms. The molecule has 1 saturated carbocycles. The number of phenolic OH excluding ortho intramolecular Hbond substituents is 1. The van der Waals surface area contributed by atoms with Crippen molar-refractivity contribution in [2.24, 2.45) is 4.99 Å². The molecule has 0 aromatic heterocycles. The van der Waals surface area contributed by atoms with Crippen molar-refractivity contribution in [1.82, 2.24) is 0 Å². The van der Waals surface area contributed by atoms with Crippen LogP contribution in [0.15, 0.2) is 21.6 Å². The summed E-state index contributed by atoms with van der Waals surface area (Å²) in [7, 11) is 0. The lowest BCUT2D eigenvalue weighted by Crippen LogP contribution is -2.20. The first-order chi connectivity index (χ1) is 8.10. The van der Waals surface area contributed by atoms with Crippen LogP contribution in [0, 0.1) is 6.92 Å². The summed E-state index contributed by atoms with van der Waals surface area (Å²) in [4.78, 5) is 14.7. The second kappa shape index (κ2) is 4.63. The molecule has 90 valence electrons. The van der Waals surface area contributed by atoms with Crippen LogP contribution < -0.4 is 0 Å². The summed E-state index contributed by atoms with van der Waals surface area (Å²) in [6.45, 7) is 1.93. The van der Waals surface area contributed by atoms with Gasteiger partial charge in [-0.05, 0) is 37.5 Å². The number of halogens is 1. The van der Waals surface area contributed by atoms with Gasteiger partial charge in [-0.3, -0.25) is 0 Å². The van der Waals surface area contributed by atoms with Crippen molar-refractivity contribution < 1.29 is 9.90 Å². The van der Waals surface area contributed by atoms with Crippen LogP contribution in [0.3, 0.4) is 0 Å². The number of hydrogen-bond acceptors (Lipinski definition) is 3. The third-order valence-electron chi connectivity index (χ3n) is 3.53. The summed E-state index contributed by atoms with van der Waals surface area (Å²) in [5.74, 6) is 0.214. The van der Waals surface area contributed by atoms with Gasteiger partial charge < -0.3 is 5.11 Å². The quantitative estimate of drug-likeness (QED) is 0.670. The Labute approximate surface area is 109 Å². The lowest BCUT2D eigenvalue weighted by Gasteiger charge is -2.26. The van der Waals surface area contributed by atoms with E-state index >= 15 is 0 Å². The molecule has 0 spiro atoms. The molecule has 0 atom stereocenters. The van der Waals surface area contributed by atoms with Crippen molar-refractivity contribution in [3.63, 3.8) is 0 Å². The van der Waals surface area contributed by atoms with E-state index < -0.39 is 5.54 Å². The van der Waals surface area contributed by atoms with Gasteiger partial charge in [0, 0.05) is 10.0 Å². The van der Waals surface area contributed by atoms with Crippen molar-refractivity contribution >= 4 is 22.0 Å². The second-order valence-electron chi connectivity index (χ2n) is 4.51. The molecule has 0 amide bonds. The minimum atomic E-state index is -0.570. The van der Waals surface area contributed by atoms with E-state index in [-0.39, 0.29) is 5.75 Å². The Balaban J connectivity index is 2.65. The molecular weight excluding hydrogens is 282 g/mol. The smallest absolute Gasteiger partial charge is 0.235 e. The van der Waals surface area contributed by atoms with Gasteiger partial charge in [-0.25, -0.2) is 4.79 Å². The number of aromatic hydroxyl groups is 1. The van der Waals surface area contributed by atoms with Crippen LogP contribution >= 0.6 is 15.9 Å². The van der Waals surface area contributed by atoms with Crippen molar-refractivity contribution in [2.45, 2.75) is 38.1 Å². The molecule has 3 nitrogen and oxygen atoms in total. The minimum absolute atomic E-state index is 0.214. The maximum absolute atomic E-state index is 10.7. The molecular formula is C13H14BrNO2. The Hall–Kier alpha value is -1.12. The highest BCUT2D eigenvalue weighted by Gasteiger charge is 2.39. The second-order valence-corrected chi connectivity index (χ2v) is 5.36. The Morgan fingerprint density at radius 1 is 1.41 bits per heavy atom. The van der Waals surface area contributed by atoms with Crippen LogP contribution in [0.5, 0.6) is 5.75 Å². The van der Waals surface area contributed by atoms with Gasteiger partial charge in [0.1, 0.15) is 11.3 Å². The van der Waals surface area contributed by atoms with Crippen LogP contribution in [0.1, 0.15) is 36.8 Å². The zero-order chi connectivity index (χ0) is 12.5. The monoisotopic (exact) mass is 295 g/mol. The van der Waals surface area contributed by atoms with E-state index in [9.17, 15) is 9.90 Å². The van der Waals surface area contributed by atoms with Crippen molar-refractivity contribution in [2.75, 3.05) is 0 Å². The molecule has 0 saturated heterocycles. The third-order valence-corrected chi connectivity index (χ3v) is 4.39. The number of nitrogens with zero attached hydrogens (tertiary/aromatic N) is 1. The van der Waals surface area contributed by atoms with Gasteiger partial charge in [0.2, 0.25) is 6.08 Å². The highest BCUT2D eigenvalue weighted by molar-refractivity contribution is 9.10. The maximum atomic E-state index is 10.7. The first-order valence-electron chi connectivity index (χ1n) is 5.68. The summed E-state index contributed by atoms with van der Waals surface area (Å²) in [5.41, 5.74) is 1.15. The molecule has 0 radical (unpaired) electrons. The zero-order valence-electron chi connectivity index (χ0n) is 9.66. The standard InChI is InChI=1S/C13H14BrNO2/c1-9-10(14)4-5-11(17)12(9)13(15-8-16)6-2-3-7-13/h4-5,17H,2-3,6-7H2,1H3. The fourth-order valence-corrected chi connectivity index (χ4v) is 3.05. The van der Waals surface area contributed by atoms with Crippen LogP contribution in [0.2, 0.25) is 0 Å². The molecule has 2 rings (SSSR count). The van der Waals surface area contributed by atoms with Gasteiger partial charge in [-0.15, -0.1) is 0 Å². The molecule has 0 unspecified atom stereocenters. The average Bonchev–Trinajstić information content (AvgIpc) is 2.74. The number of aliphatic imine (C=N–C) groups is 1. The molecule has 0 heterocycles. The highest BCUT2D eigenvalue weighted by Crippen LogP contribution is 2.47. The Morgan fingerprint density at radius 2 is 2.06 bits per heavy atom. The van der Waals surface area contributed by atoms with Crippen molar-refractivity contribution in [1.29, 1.82) is 0 Å². The number of carbonyl (C=O) groups excluding carboxylic acids is 1. The number of isocyanates is 1. The normalized spacial score (nSPS) is 17.8. The Kier molecular flexibility index (Phi) is 3.36. The fourth-order valence-electron chi connectivity index (χ4n) is 2.72. The van der Waals surface area contributed by atoms with Gasteiger partial charge in [0.15, 0.2) is 0 Å². The molecule has 1 fully saturated rings. The zero-order valence-corrected chi connectivity index (χ0v) is 11.2. The summed E-state index contributed by atoms with van der Waals surface area (Å²) in [6.07, 6.45) is 5.32. The lowest BCUT2D eigenvalue weighted by atomic mass is 9.85. The molecule has 1 aliphatic carbocycles. The highest BCUT2D eigenvalue weighted by atomic mass is 79.9.